The summed E-state index contributed by atoms with van der Waals surface area (Å²) in [5.41, 5.74) is 4.20. The Balaban J connectivity index is 1.69. The number of nitrogens with one attached hydrogen (secondary N) is 2. The number of benzene rings is 1. The Morgan fingerprint density at radius 3 is 2.50 bits per heavy atom. The zero-order chi connectivity index (χ0) is 14.4. The van der Waals surface area contributed by atoms with Gasteiger partial charge in [-0.15, -0.1) is 0 Å². The summed E-state index contributed by atoms with van der Waals surface area (Å²) in [6.07, 6.45) is 1.05. The topological polar surface area (TPSA) is 50.8 Å². The van der Waals surface area contributed by atoms with Crippen molar-refractivity contribution in [1.82, 2.24) is 15.1 Å². The minimum absolute atomic E-state index is 0.544. The van der Waals surface area contributed by atoms with Crippen LogP contribution in [0.5, 0.6) is 0 Å². The highest BCUT2D eigenvalue weighted by atomic mass is 16.5. The second kappa shape index (κ2) is 7.59. The van der Waals surface area contributed by atoms with Gasteiger partial charge in [-0.1, -0.05) is 12.1 Å². The largest absolute Gasteiger partial charge is 0.302 e. The van der Waals surface area contributed by atoms with E-state index in [0.717, 1.165) is 45.1 Å². The van der Waals surface area contributed by atoms with Crippen LogP contribution in [0.1, 0.15) is 19.4 Å². The molecule has 0 unspecified atom stereocenters. The molecule has 2 rings (SSSR count). The third kappa shape index (κ3) is 4.76. The van der Waals surface area contributed by atoms with Gasteiger partial charge in [0.1, 0.15) is 0 Å². The fraction of sp³-hybridized carbons (Fsp3) is 0.600. The van der Waals surface area contributed by atoms with Crippen molar-refractivity contribution in [3.05, 3.63) is 29.8 Å². The van der Waals surface area contributed by atoms with Crippen LogP contribution in [-0.4, -0.2) is 54.0 Å². The Labute approximate surface area is 121 Å². The average molecular weight is 278 g/mol. The molecule has 1 aliphatic heterocycles. The van der Waals surface area contributed by atoms with E-state index in [1.165, 1.54) is 5.56 Å². The molecule has 5 heteroatoms. The van der Waals surface area contributed by atoms with E-state index in [0.29, 0.717) is 6.04 Å². The molecule has 1 aromatic carbocycles. The minimum atomic E-state index is 0.544. The molecule has 112 valence electrons. The lowest BCUT2D eigenvalue weighted by Crippen LogP contribution is -2.37. The quantitative estimate of drug-likeness (QED) is 0.661. The van der Waals surface area contributed by atoms with Gasteiger partial charge in [0, 0.05) is 32.3 Å². The molecule has 20 heavy (non-hydrogen) atoms. The van der Waals surface area contributed by atoms with Crippen LogP contribution in [0.2, 0.25) is 0 Å². The van der Waals surface area contributed by atoms with E-state index in [2.05, 4.69) is 46.6 Å². The molecule has 0 aromatic heterocycles. The fourth-order valence-electron chi connectivity index (χ4n) is 2.36. The first-order valence-corrected chi connectivity index (χ1v) is 7.34. The summed E-state index contributed by atoms with van der Waals surface area (Å²) in [7, 11) is 0. The maximum absolute atomic E-state index is 8.78. The number of anilines is 1. The highest BCUT2D eigenvalue weighted by molar-refractivity contribution is 5.42. The van der Waals surface area contributed by atoms with Gasteiger partial charge in [0.2, 0.25) is 0 Å². The van der Waals surface area contributed by atoms with Gasteiger partial charge in [0.25, 0.3) is 0 Å². The van der Waals surface area contributed by atoms with Crippen LogP contribution in [0, 0.1) is 0 Å². The zero-order valence-corrected chi connectivity index (χ0v) is 12.5. The molecule has 1 fully saturated rings. The number of hydrogen-bond donors (Lipinski definition) is 3. The van der Waals surface area contributed by atoms with E-state index in [1.807, 2.05) is 12.1 Å². The van der Waals surface area contributed by atoms with E-state index in [-0.39, 0.29) is 0 Å². The lowest BCUT2D eigenvalue weighted by Gasteiger charge is -2.19. The van der Waals surface area contributed by atoms with Crippen LogP contribution in [0.25, 0.3) is 0 Å². The second-order valence-electron chi connectivity index (χ2n) is 5.73. The normalized spacial score (nSPS) is 17.0. The van der Waals surface area contributed by atoms with E-state index < -0.39 is 0 Å². The molecule has 0 saturated carbocycles. The van der Waals surface area contributed by atoms with Crippen molar-refractivity contribution in [3.63, 3.8) is 0 Å². The molecule has 1 aromatic rings. The maximum atomic E-state index is 8.78. The third-order valence-corrected chi connectivity index (χ3v) is 3.66. The lowest BCUT2D eigenvalue weighted by molar-refractivity contribution is 0.229. The first-order valence-electron chi connectivity index (χ1n) is 7.34. The Morgan fingerprint density at radius 1 is 1.15 bits per heavy atom. The van der Waals surface area contributed by atoms with Crippen LogP contribution in [-0.2, 0) is 6.42 Å². The molecule has 0 spiro atoms. The molecule has 0 amide bonds. The molecule has 1 saturated heterocycles. The van der Waals surface area contributed by atoms with Gasteiger partial charge in [-0.05, 0) is 38.0 Å². The molecule has 0 atom stereocenters. The molecule has 5 nitrogen and oxygen atoms in total. The van der Waals surface area contributed by atoms with Crippen LogP contribution >= 0.6 is 0 Å². The Bertz CT molecular complexity index is 393. The van der Waals surface area contributed by atoms with Crippen molar-refractivity contribution >= 4 is 5.69 Å². The van der Waals surface area contributed by atoms with Gasteiger partial charge >= 0.3 is 0 Å². The molecule has 1 heterocycles. The molecular formula is C15H26N4O. The molecule has 3 N–H and O–H groups in total. The first kappa shape index (κ1) is 15.3. The first-order chi connectivity index (χ1) is 9.67. The number of hydrogen-bond acceptors (Lipinski definition) is 5. The second-order valence-corrected chi connectivity index (χ2v) is 5.73. The van der Waals surface area contributed by atoms with E-state index >= 15 is 0 Å². The Kier molecular flexibility index (Phi) is 5.79. The smallest absolute Gasteiger partial charge is 0.0602 e. The highest BCUT2D eigenvalue weighted by Gasteiger charge is 2.18. The molecular weight excluding hydrogens is 252 g/mol. The predicted octanol–water partition coefficient (Wildman–Crippen LogP) is 1.56. The van der Waals surface area contributed by atoms with Crippen LogP contribution in [0.15, 0.2) is 24.3 Å². The Morgan fingerprint density at radius 2 is 1.85 bits per heavy atom. The van der Waals surface area contributed by atoms with Gasteiger partial charge < -0.3 is 5.32 Å². The van der Waals surface area contributed by atoms with Gasteiger partial charge in [-0.3, -0.25) is 20.5 Å². The van der Waals surface area contributed by atoms with Crippen molar-refractivity contribution in [2.75, 3.05) is 38.5 Å². The Hall–Kier alpha value is -1.14. The summed E-state index contributed by atoms with van der Waals surface area (Å²) in [6.45, 7) is 9.77. The summed E-state index contributed by atoms with van der Waals surface area (Å²) in [5, 5.41) is 12.2. The summed E-state index contributed by atoms with van der Waals surface area (Å²) >= 11 is 0. The fourth-order valence-corrected chi connectivity index (χ4v) is 2.36. The van der Waals surface area contributed by atoms with Crippen molar-refractivity contribution in [3.8, 4) is 0 Å². The summed E-state index contributed by atoms with van der Waals surface area (Å²) in [5.74, 6) is 0. The predicted molar refractivity (Wildman–Crippen MR) is 81.8 cm³/mol. The molecule has 0 radical (unpaired) electrons. The van der Waals surface area contributed by atoms with Crippen LogP contribution in [0.3, 0.4) is 0 Å². The minimum Gasteiger partial charge on any atom is -0.302 e. The van der Waals surface area contributed by atoms with Crippen molar-refractivity contribution in [1.29, 1.82) is 0 Å². The van der Waals surface area contributed by atoms with Gasteiger partial charge in [-0.25, -0.2) is 0 Å². The monoisotopic (exact) mass is 278 g/mol. The number of rotatable bonds is 7. The van der Waals surface area contributed by atoms with Crippen LogP contribution < -0.4 is 10.8 Å². The highest BCUT2D eigenvalue weighted by Crippen LogP contribution is 2.11. The lowest BCUT2D eigenvalue weighted by atomic mass is 10.1. The van der Waals surface area contributed by atoms with Gasteiger partial charge in [-0.2, -0.15) is 0 Å². The zero-order valence-electron chi connectivity index (χ0n) is 12.5. The standard InChI is InChI=1S/C15H26N4O/c1-13(2)16-11-19-10-9-18(12-19)8-7-14-3-5-15(17-20)6-4-14/h3-6,13,16-17,20H,7-12H2,1-2H3. The average Bonchev–Trinajstić information content (AvgIpc) is 2.91. The van der Waals surface area contributed by atoms with Crippen molar-refractivity contribution in [2.45, 2.75) is 26.3 Å². The SMILES string of the molecule is CC(C)NCN1CCN(CCc2ccc(NO)cc2)C1. The molecule has 0 bridgehead atoms. The third-order valence-electron chi connectivity index (χ3n) is 3.66. The summed E-state index contributed by atoms with van der Waals surface area (Å²) < 4.78 is 0. The maximum Gasteiger partial charge on any atom is 0.0602 e. The van der Waals surface area contributed by atoms with Gasteiger partial charge in [0.05, 0.1) is 12.4 Å². The summed E-state index contributed by atoms with van der Waals surface area (Å²) in [4.78, 5) is 4.93. The number of nitrogens with zero attached hydrogens (tertiary/aromatic N) is 2. The van der Waals surface area contributed by atoms with E-state index in [9.17, 15) is 0 Å². The van der Waals surface area contributed by atoms with E-state index in [1.54, 1.807) is 0 Å². The van der Waals surface area contributed by atoms with Gasteiger partial charge in [0.15, 0.2) is 0 Å². The van der Waals surface area contributed by atoms with Crippen molar-refractivity contribution < 1.29 is 5.21 Å². The van der Waals surface area contributed by atoms with Crippen LogP contribution in [0.4, 0.5) is 5.69 Å². The van der Waals surface area contributed by atoms with E-state index in [4.69, 9.17) is 5.21 Å². The molecule has 1 aliphatic rings. The summed E-state index contributed by atoms with van der Waals surface area (Å²) in [6, 6.07) is 8.47. The molecule has 0 aliphatic carbocycles. The van der Waals surface area contributed by atoms with Crippen molar-refractivity contribution in [2.24, 2.45) is 0 Å².